The van der Waals surface area contributed by atoms with Crippen LogP contribution in [0.1, 0.15) is 17.3 Å². The average molecular weight is 311 g/mol. The van der Waals surface area contributed by atoms with E-state index >= 15 is 0 Å². The molecule has 1 aromatic rings. The molecule has 1 atom stereocenters. The lowest BCUT2D eigenvalue weighted by molar-refractivity contribution is 0.0748. The van der Waals surface area contributed by atoms with E-state index in [1.807, 2.05) is 6.92 Å². The van der Waals surface area contributed by atoms with Gasteiger partial charge in [-0.1, -0.05) is 11.6 Å². The first kappa shape index (κ1) is 15.6. The minimum atomic E-state index is -0.204. The predicted molar refractivity (Wildman–Crippen MR) is 82.8 cm³/mol. The summed E-state index contributed by atoms with van der Waals surface area (Å²) in [6.07, 6.45) is 0. The largest absolute Gasteiger partial charge is 0.338 e. The quantitative estimate of drug-likeness (QED) is 0.879. The average Bonchev–Trinajstić information content (AvgIpc) is 2.91. The van der Waals surface area contributed by atoms with Crippen LogP contribution in [-0.2, 0) is 0 Å². The molecular formula is C14H19ClN4O2. The minimum Gasteiger partial charge on any atom is -0.338 e. The Morgan fingerprint density at radius 3 is 2.86 bits per heavy atom. The molecule has 0 aliphatic carbocycles. The summed E-state index contributed by atoms with van der Waals surface area (Å²) in [7, 11) is 1.71. The summed E-state index contributed by atoms with van der Waals surface area (Å²) in [5, 5.41) is 3.15. The Morgan fingerprint density at radius 2 is 2.29 bits per heavy atom. The molecule has 1 saturated heterocycles. The second-order valence-corrected chi connectivity index (χ2v) is 5.46. The number of rotatable bonds is 4. The number of nitrogens with one attached hydrogen (secondary N) is 1. The molecule has 6 nitrogen and oxygen atoms in total. The van der Waals surface area contributed by atoms with E-state index in [1.54, 1.807) is 30.1 Å². The molecule has 0 aromatic heterocycles. The maximum atomic E-state index is 12.4. The van der Waals surface area contributed by atoms with E-state index < -0.39 is 0 Å². The van der Waals surface area contributed by atoms with Crippen molar-refractivity contribution >= 4 is 29.2 Å². The van der Waals surface area contributed by atoms with E-state index in [1.165, 1.54) is 4.90 Å². The normalized spacial score (nSPS) is 15.8. The van der Waals surface area contributed by atoms with E-state index in [0.29, 0.717) is 35.9 Å². The van der Waals surface area contributed by atoms with Gasteiger partial charge in [0.1, 0.15) is 0 Å². The van der Waals surface area contributed by atoms with Crippen molar-refractivity contribution in [1.82, 2.24) is 10.2 Å². The molecule has 3 N–H and O–H groups in total. The van der Waals surface area contributed by atoms with Crippen LogP contribution < -0.4 is 16.0 Å². The zero-order valence-electron chi connectivity index (χ0n) is 12.1. The maximum absolute atomic E-state index is 12.4. The number of hydrogen-bond acceptors (Lipinski definition) is 3. The Labute approximate surface area is 128 Å². The van der Waals surface area contributed by atoms with Crippen LogP contribution in [0.2, 0.25) is 5.02 Å². The van der Waals surface area contributed by atoms with E-state index in [9.17, 15) is 9.59 Å². The van der Waals surface area contributed by atoms with Gasteiger partial charge in [0, 0.05) is 38.3 Å². The molecule has 21 heavy (non-hydrogen) atoms. The highest BCUT2D eigenvalue weighted by molar-refractivity contribution is 6.34. The SMILES string of the molecule is CC(CN)N(C)C(=O)c1ccc(Cl)c(N2CCNC2=O)c1. The number of nitrogens with two attached hydrogens (primary N) is 1. The number of amides is 3. The van der Waals surface area contributed by atoms with Crippen LogP contribution in [0.15, 0.2) is 18.2 Å². The number of urea groups is 1. The maximum Gasteiger partial charge on any atom is 0.322 e. The molecule has 1 unspecified atom stereocenters. The van der Waals surface area contributed by atoms with Crippen LogP contribution in [-0.4, -0.2) is 49.6 Å². The fourth-order valence-corrected chi connectivity index (χ4v) is 2.34. The second-order valence-electron chi connectivity index (χ2n) is 5.05. The van der Waals surface area contributed by atoms with Crippen molar-refractivity contribution in [2.75, 3.05) is 31.6 Å². The van der Waals surface area contributed by atoms with Crippen LogP contribution in [0.4, 0.5) is 10.5 Å². The summed E-state index contributed by atoms with van der Waals surface area (Å²) in [5.41, 5.74) is 6.62. The molecule has 1 heterocycles. The molecule has 1 aliphatic heterocycles. The molecule has 0 saturated carbocycles. The van der Waals surface area contributed by atoms with Crippen molar-refractivity contribution in [1.29, 1.82) is 0 Å². The van der Waals surface area contributed by atoms with Gasteiger partial charge in [-0.25, -0.2) is 4.79 Å². The fraction of sp³-hybridized carbons (Fsp3) is 0.429. The molecule has 0 radical (unpaired) electrons. The predicted octanol–water partition coefficient (Wildman–Crippen LogP) is 1.29. The monoisotopic (exact) mass is 310 g/mol. The number of likely N-dealkylation sites (N-methyl/N-ethyl adjacent to an activating group) is 1. The third-order valence-corrected chi connectivity index (χ3v) is 3.98. The zero-order valence-corrected chi connectivity index (χ0v) is 12.9. The van der Waals surface area contributed by atoms with Gasteiger partial charge in [-0.2, -0.15) is 0 Å². The van der Waals surface area contributed by atoms with Crippen LogP contribution in [0.25, 0.3) is 0 Å². The first-order chi connectivity index (χ1) is 9.95. The smallest absolute Gasteiger partial charge is 0.322 e. The fourth-order valence-electron chi connectivity index (χ4n) is 2.12. The molecule has 0 spiro atoms. The molecule has 1 fully saturated rings. The molecule has 1 aliphatic rings. The number of halogens is 1. The van der Waals surface area contributed by atoms with E-state index in [4.69, 9.17) is 17.3 Å². The first-order valence-corrected chi connectivity index (χ1v) is 7.15. The number of hydrogen-bond donors (Lipinski definition) is 2. The van der Waals surface area contributed by atoms with Gasteiger partial charge in [0.15, 0.2) is 0 Å². The van der Waals surface area contributed by atoms with Crippen molar-refractivity contribution in [3.8, 4) is 0 Å². The Balaban J connectivity index is 2.30. The third-order valence-electron chi connectivity index (χ3n) is 3.66. The molecule has 0 bridgehead atoms. The van der Waals surface area contributed by atoms with E-state index in [2.05, 4.69) is 5.32 Å². The summed E-state index contributed by atoms with van der Waals surface area (Å²) >= 11 is 6.15. The summed E-state index contributed by atoms with van der Waals surface area (Å²) in [4.78, 5) is 27.3. The molecule has 2 rings (SSSR count). The summed E-state index contributed by atoms with van der Waals surface area (Å²) in [5.74, 6) is -0.148. The van der Waals surface area contributed by atoms with Crippen LogP contribution >= 0.6 is 11.6 Å². The number of nitrogens with zero attached hydrogens (tertiary/aromatic N) is 2. The van der Waals surface area contributed by atoms with Crippen molar-refractivity contribution < 1.29 is 9.59 Å². The minimum absolute atomic E-state index is 0.0632. The third kappa shape index (κ3) is 3.11. The topological polar surface area (TPSA) is 78.7 Å². The Hall–Kier alpha value is -1.79. The van der Waals surface area contributed by atoms with Gasteiger partial charge in [-0.05, 0) is 25.1 Å². The number of benzene rings is 1. The Kier molecular flexibility index (Phi) is 4.69. The van der Waals surface area contributed by atoms with Crippen LogP contribution in [0.3, 0.4) is 0 Å². The standard InChI is InChI=1S/C14H19ClN4O2/c1-9(8-16)18(2)13(20)10-3-4-11(15)12(7-10)19-6-5-17-14(19)21/h3-4,7,9H,5-6,8,16H2,1-2H3,(H,17,21). The van der Waals surface area contributed by atoms with Gasteiger partial charge in [0.25, 0.3) is 5.91 Å². The highest BCUT2D eigenvalue weighted by Crippen LogP contribution is 2.28. The Bertz CT molecular complexity index is 564. The molecular weight excluding hydrogens is 292 g/mol. The molecule has 3 amide bonds. The van der Waals surface area contributed by atoms with Crippen molar-refractivity contribution in [2.45, 2.75) is 13.0 Å². The number of anilines is 1. The lowest BCUT2D eigenvalue weighted by atomic mass is 10.1. The van der Waals surface area contributed by atoms with E-state index in [0.717, 1.165) is 0 Å². The van der Waals surface area contributed by atoms with Gasteiger partial charge in [0.2, 0.25) is 0 Å². The first-order valence-electron chi connectivity index (χ1n) is 6.78. The van der Waals surface area contributed by atoms with Crippen molar-refractivity contribution in [3.63, 3.8) is 0 Å². The van der Waals surface area contributed by atoms with Gasteiger partial charge >= 0.3 is 6.03 Å². The zero-order chi connectivity index (χ0) is 15.6. The van der Waals surface area contributed by atoms with Crippen LogP contribution in [0.5, 0.6) is 0 Å². The van der Waals surface area contributed by atoms with Crippen molar-refractivity contribution in [3.05, 3.63) is 28.8 Å². The number of carbonyl (C=O) groups excluding carboxylic acids is 2. The summed E-state index contributed by atoms with van der Waals surface area (Å²) < 4.78 is 0. The molecule has 1 aromatic carbocycles. The van der Waals surface area contributed by atoms with Gasteiger partial charge in [0.05, 0.1) is 10.7 Å². The highest BCUT2D eigenvalue weighted by Gasteiger charge is 2.25. The van der Waals surface area contributed by atoms with Gasteiger partial charge in [-0.3, -0.25) is 9.69 Å². The Morgan fingerprint density at radius 1 is 1.57 bits per heavy atom. The van der Waals surface area contributed by atoms with Crippen LogP contribution in [0, 0.1) is 0 Å². The highest BCUT2D eigenvalue weighted by atomic mass is 35.5. The number of carbonyl (C=O) groups is 2. The lowest BCUT2D eigenvalue weighted by Crippen LogP contribution is -2.39. The molecule has 114 valence electrons. The summed E-state index contributed by atoms with van der Waals surface area (Å²) in [6.45, 7) is 3.36. The summed E-state index contributed by atoms with van der Waals surface area (Å²) in [6, 6.07) is 4.67. The lowest BCUT2D eigenvalue weighted by Gasteiger charge is -2.24. The van der Waals surface area contributed by atoms with Gasteiger partial charge in [-0.15, -0.1) is 0 Å². The second kappa shape index (κ2) is 6.32. The van der Waals surface area contributed by atoms with E-state index in [-0.39, 0.29) is 18.0 Å². The van der Waals surface area contributed by atoms with Crippen molar-refractivity contribution in [2.24, 2.45) is 5.73 Å². The van der Waals surface area contributed by atoms with Gasteiger partial charge < -0.3 is 16.0 Å². The molecule has 7 heteroatoms.